The summed E-state index contributed by atoms with van der Waals surface area (Å²) in [5.74, 6) is -0.118. The Morgan fingerprint density at radius 3 is 2.43 bits per heavy atom. The summed E-state index contributed by atoms with van der Waals surface area (Å²) >= 11 is 0. The van der Waals surface area contributed by atoms with E-state index in [0.717, 1.165) is 6.26 Å². The highest BCUT2D eigenvalue weighted by molar-refractivity contribution is 7.88. The summed E-state index contributed by atoms with van der Waals surface area (Å²) in [6, 6.07) is 0. The second kappa shape index (κ2) is 10.2. The van der Waals surface area contributed by atoms with Crippen LogP contribution in [0.25, 0.3) is 0 Å². The van der Waals surface area contributed by atoms with Gasteiger partial charge < -0.3 is 4.74 Å². The van der Waals surface area contributed by atoms with Crippen molar-refractivity contribution in [1.29, 1.82) is 0 Å². The fourth-order valence-corrected chi connectivity index (χ4v) is 2.08. The van der Waals surface area contributed by atoms with E-state index in [4.69, 9.17) is 9.57 Å². The van der Waals surface area contributed by atoms with E-state index < -0.39 is 16.1 Å². The lowest BCUT2D eigenvalue weighted by Crippen LogP contribution is -2.41. The Hall–Kier alpha value is -0.540. The topological polar surface area (TPSA) is 84.9 Å². The van der Waals surface area contributed by atoms with Gasteiger partial charge in [0.25, 0.3) is 0 Å². The number of ketones is 1. The predicted molar refractivity (Wildman–Crippen MR) is 81.0 cm³/mol. The molecule has 0 amide bonds. The van der Waals surface area contributed by atoms with E-state index in [9.17, 15) is 13.2 Å². The number of hydrogen-bond donors (Lipinski definition) is 1. The molecule has 0 saturated carbocycles. The number of sulfonamides is 1. The number of hydroxylamine groups is 2. The van der Waals surface area contributed by atoms with E-state index >= 15 is 0 Å². The van der Waals surface area contributed by atoms with Gasteiger partial charge in [-0.1, -0.05) is 20.8 Å². The molecule has 0 aliphatic carbocycles. The molecule has 0 aromatic carbocycles. The van der Waals surface area contributed by atoms with Crippen LogP contribution in [0.2, 0.25) is 0 Å². The zero-order valence-electron chi connectivity index (χ0n) is 13.3. The summed E-state index contributed by atoms with van der Waals surface area (Å²) < 4.78 is 29.4. The molecule has 21 heavy (non-hydrogen) atoms. The number of Topliss-reactive ketones (excluding diaryl/α,β-unsaturated/α-hetero) is 1. The largest absolute Gasteiger partial charge is 0.372 e. The Labute approximate surface area is 128 Å². The molecule has 0 aromatic heterocycles. The van der Waals surface area contributed by atoms with Crippen molar-refractivity contribution in [2.75, 3.05) is 39.6 Å². The molecule has 0 rings (SSSR count). The molecule has 0 heterocycles. The zero-order chi connectivity index (χ0) is 16.5. The van der Waals surface area contributed by atoms with Crippen LogP contribution in [0, 0.1) is 12.8 Å². The molecule has 0 fully saturated rings. The second-order valence-electron chi connectivity index (χ2n) is 5.02. The van der Waals surface area contributed by atoms with Crippen LogP contribution in [0.3, 0.4) is 0 Å². The number of ether oxygens (including phenoxy) is 1. The van der Waals surface area contributed by atoms with Gasteiger partial charge in [-0.05, 0) is 6.42 Å². The SMILES string of the molecule is [CH2]CCN(CC(OC)C(=O)C(C)C)OCCNS(C)(=O)=O. The van der Waals surface area contributed by atoms with Crippen LogP contribution in [0.1, 0.15) is 20.3 Å². The van der Waals surface area contributed by atoms with E-state index in [1.807, 2.05) is 13.8 Å². The number of hydrogen-bond acceptors (Lipinski definition) is 6. The fraction of sp³-hybridized carbons (Fsp3) is 0.846. The smallest absolute Gasteiger partial charge is 0.208 e. The van der Waals surface area contributed by atoms with Crippen LogP contribution in [0.5, 0.6) is 0 Å². The van der Waals surface area contributed by atoms with Gasteiger partial charge in [-0.15, -0.1) is 0 Å². The lowest BCUT2D eigenvalue weighted by molar-refractivity contribution is -0.177. The lowest BCUT2D eigenvalue weighted by Gasteiger charge is -2.26. The van der Waals surface area contributed by atoms with Crippen molar-refractivity contribution in [2.24, 2.45) is 5.92 Å². The number of rotatable bonds is 12. The molecule has 7 nitrogen and oxygen atoms in total. The van der Waals surface area contributed by atoms with E-state index in [1.54, 1.807) is 5.06 Å². The summed E-state index contributed by atoms with van der Waals surface area (Å²) in [5.41, 5.74) is 0. The van der Waals surface area contributed by atoms with Gasteiger partial charge in [-0.3, -0.25) is 9.63 Å². The maximum Gasteiger partial charge on any atom is 0.208 e. The van der Waals surface area contributed by atoms with Crippen molar-refractivity contribution in [1.82, 2.24) is 9.79 Å². The molecule has 0 aliphatic rings. The minimum absolute atomic E-state index is 0.00410. The quantitative estimate of drug-likeness (QED) is 0.409. The summed E-state index contributed by atoms with van der Waals surface area (Å²) in [7, 11) is -1.74. The summed E-state index contributed by atoms with van der Waals surface area (Å²) in [4.78, 5) is 17.4. The Balaban J connectivity index is 4.36. The van der Waals surface area contributed by atoms with Crippen LogP contribution in [0.4, 0.5) is 0 Å². The van der Waals surface area contributed by atoms with Crippen molar-refractivity contribution in [3.8, 4) is 0 Å². The molecule has 0 aromatic rings. The van der Waals surface area contributed by atoms with Crippen LogP contribution in [-0.2, 0) is 24.4 Å². The average molecular weight is 323 g/mol. The minimum atomic E-state index is -3.23. The molecule has 1 N–H and O–H groups in total. The van der Waals surface area contributed by atoms with Crippen molar-refractivity contribution in [2.45, 2.75) is 26.4 Å². The van der Waals surface area contributed by atoms with E-state index in [-0.39, 0.29) is 24.9 Å². The standard InChI is InChI=1S/C13H27N2O5S/c1-6-8-15(20-9-7-14-21(5,17)18)10-12(19-4)13(16)11(2)3/h11-12,14H,1,6-10H2,2-5H3. The predicted octanol–water partition coefficient (Wildman–Crippen LogP) is 0.233. The molecule has 8 heteroatoms. The highest BCUT2D eigenvalue weighted by Gasteiger charge is 2.23. The molecule has 0 spiro atoms. The summed E-state index contributed by atoms with van der Waals surface area (Å²) in [6.07, 6.45) is 1.12. The van der Waals surface area contributed by atoms with Gasteiger partial charge in [-0.2, -0.15) is 5.06 Å². The van der Waals surface area contributed by atoms with Crippen LogP contribution in [-0.4, -0.2) is 65.0 Å². The Bertz CT molecular complexity index is 397. The zero-order valence-corrected chi connectivity index (χ0v) is 14.1. The van der Waals surface area contributed by atoms with Crippen LogP contribution in [0.15, 0.2) is 0 Å². The van der Waals surface area contributed by atoms with E-state index in [2.05, 4.69) is 11.6 Å². The first-order chi connectivity index (χ1) is 9.71. The molecule has 1 radical (unpaired) electrons. The fourth-order valence-electron chi connectivity index (χ4n) is 1.62. The first-order valence-electron chi connectivity index (χ1n) is 6.89. The number of nitrogens with one attached hydrogen (secondary N) is 1. The number of methoxy groups -OCH3 is 1. The van der Waals surface area contributed by atoms with Crippen LogP contribution < -0.4 is 4.72 Å². The molecule has 1 unspecified atom stereocenters. The summed E-state index contributed by atoms with van der Waals surface area (Å²) in [6.45, 7) is 8.55. The molecular formula is C13H27N2O5S. The molecular weight excluding hydrogens is 296 g/mol. The first-order valence-corrected chi connectivity index (χ1v) is 8.78. The van der Waals surface area contributed by atoms with Gasteiger partial charge in [0.15, 0.2) is 5.78 Å². The van der Waals surface area contributed by atoms with Crippen LogP contribution >= 0.6 is 0 Å². The van der Waals surface area contributed by atoms with Gasteiger partial charge >= 0.3 is 0 Å². The van der Waals surface area contributed by atoms with Gasteiger partial charge in [0.05, 0.1) is 19.4 Å². The maximum absolute atomic E-state index is 12.0. The third kappa shape index (κ3) is 9.92. The van der Waals surface area contributed by atoms with Crippen molar-refractivity contribution in [3.05, 3.63) is 6.92 Å². The number of carbonyl (C=O) groups excluding carboxylic acids is 1. The first kappa shape index (κ1) is 20.5. The molecule has 125 valence electrons. The van der Waals surface area contributed by atoms with Gasteiger partial charge in [0.1, 0.15) is 6.10 Å². The highest BCUT2D eigenvalue weighted by atomic mass is 32.2. The third-order valence-corrected chi connectivity index (χ3v) is 3.42. The van der Waals surface area contributed by atoms with Crippen molar-refractivity contribution in [3.63, 3.8) is 0 Å². The Morgan fingerprint density at radius 1 is 1.38 bits per heavy atom. The van der Waals surface area contributed by atoms with Gasteiger partial charge in [0.2, 0.25) is 10.0 Å². The normalized spacial score (nSPS) is 13.9. The Kier molecular flexibility index (Phi) is 9.97. The number of nitrogens with zero attached hydrogens (tertiary/aromatic N) is 1. The third-order valence-electron chi connectivity index (χ3n) is 2.69. The summed E-state index contributed by atoms with van der Waals surface area (Å²) in [5, 5.41) is 1.59. The highest BCUT2D eigenvalue weighted by Crippen LogP contribution is 2.06. The van der Waals surface area contributed by atoms with Crippen molar-refractivity contribution < 1.29 is 22.8 Å². The van der Waals surface area contributed by atoms with Crippen molar-refractivity contribution >= 4 is 15.8 Å². The molecule has 0 saturated heterocycles. The molecule has 0 bridgehead atoms. The molecule has 1 atom stereocenters. The van der Waals surface area contributed by atoms with E-state index in [1.165, 1.54) is 7.11 Å². The maximum atomic E-state index is 12.0. The number of carbonyl (C=O) groups is 1. The van der Waals surface area contributed by atoms with Gasteiger partial charge in [-0.25, -0.2) is 13.1 Å². The van der Waals surface area contributed by atoms with E-state index in [0.29, 0.717) is 19.5 Å². The molecule has 0 aliphatic heterocycles. The van der Waals surface area contributed by atoms with Gasteiger partial charge in [0, 0.05) is 26.1 Å². The lowest BCUT2D eigenvalue weighted by atomic mass is 10.0. The average Bonchev–Trinajstić information content (AvgIpc) is 2.38. The minimum Gasteiger partial charge on any atom is -0.372 e. The second-order valence-corrected chi connectivity index (χ2v) is 6.86. The Morgan fingerprint density at radius 2 is 2.00 bits per heavy atom. The monoisotopic (exact) mass is 323 g/mol.